The van der Waals surface area contributed by atoms with Crippen molar-refractivity contribution in [3.05, 3.63) is 96.4 Å². The molecule has 176 valence electrons. The lowest BCUT2D eigenvalue weighted by Crippen LogP contribution is -1.84. The first-order valence-electron chi connectivity index (χ1n) is 9.24. The van der Waals surface area contributed by atoms with Gasteiger partial charge in [0.05, 0.1) is 0 Å². The lowest BCUT2D eigenvalue weighted by molar-refractivity contribution is 0.476. The van der Waals surface area contributed by atoms with Gasteiger partial charge >= 0.3 is 0 Å². The maximum atomic E-state index is 10.0. The molecule has 4 rings (SSSR count). The van der Waals surface area contributed by atoms with E-state index in [0.29, 0.717) is 0 Å². The molecule has 0 saturated carbocycles. The van der Waals surface area contributed by atoms with E-state index in [1.54, 1.807) is 12.1 Å². The normalized spacial score (nSPS) is 10.6. The minimum atomic E-state index is 0.231. The van der Waals surface area contributed by atoms with Crippen molar-refractivity contribution in [2.45, 2.75) is 0 Å². The van der Waals surface area contributed by atoms with Crippen LogP contribution in [0.25, 0.3) is 22.3 Å². The molecule has 4 aromatic rings. The predicted molar refractivity (Wildman–Crippen MR) is 169 cm³/mol. The molecule has 0 atom stereocenters. The number of hydrogen-bond acceptors (Lipinski definition) is 2. The lowest BCUT2D eigenvalue weighted by Gasteiger charge is -2.10. The third kappa shape index (κ3) is 7.21. The van der Waals surface area contributed by atoms with Gasteiger partial charge < -0.3 is 10.2 Å². The highest BCUT2D eigenvalue weighted by Crippen LogP contribution is 2.43. The van der Waals surface area contributed by atoms with Crippen molar-refractivity contribution in [3.8, 4) is 33.8 Å². The SMILES string of the molecule is Oc1cc(Br)cc(Br)c1-c1ccc(Br)cc1Br.Oc1cc(Br)cc(Br)c1-c1ccc(Br)cc1Br. The van der Waals surface area contributed by atoms with Crippen LogP contribution in [0.3, 0.4) is 0 Å². The molecule has 10 heteroatoms. The number of phenolic OH excluding ortho intramolecular Hbond substituents is 2. The summed E-state index contributed by atoms with van der Waals surface area (Å²) in [4.78, 5) is 0. The molecule has 2 N–H and O–H groups in total. The van der Waals surface area contributed by atoms with Gasteiger partial charge in [-0.05, 0) is 80.4 Å². The summed E-state index contributed by atoms with van der Waals surface area (Å²) in [5, 5.41) is 20.1. The van der Waals surface area contributed by atoms with Crippen LogP contribution in [0.2, 0.25) is 0 Å². The van der Waals surface area contributed by atoms with Gasteiger partial charge in [-0.1, -0.05) is 108 Å². The summed E-state index contributed by atoms with van der Waals surface area (Å²) in [6.07, 6.45) is 0. The van der Waals surface area contributed by atoms with E-state index in [0.717, 1.165) is 58.0 Å². The van der Waals surface area contributed by atoms with Crippen LogP contribution in [-0.2, 0) is 0 Å². The van der Waals surface area contributed by atoms with Crippen LogP contribution in [0, 0.1) is 0 Å². The number of phenols is 2. The Labute approximate surface area is 264 Å². The van der Waals surface area contributed by atoms with E-state index in [9.17, 15) is 10.2 Å². The van der Waals surface area contributed by atoms with Crippen LogP contribution in [0.4, 0.5) is 0 Å². The number of aromatic hydroxyl groups is 2. The Morgan fingerprint density at radius 2 is 0.706 bits per heavy atom. The van der Waals surface area contributed by atoms with Crippen molar-refractivity contribution in [1.29, 1.82) is 0 Å². The lowest BCUT2D eigenvalue weighted by atomic mass is 10.1. The maximum absolute atomic E-state index is 10.0. The number of rotatable bonds is 2. The van der Waals surface area contributed by atoms with Crippen LogP contribution >= 0.6 is 127 Å². The molecule has 0 bridgehead atoms. The summed E-state index contributed by atoms with van der Waals surface area (Å²) in [5.74, 6) is 0.462. The summed E-state index contributed by atoms with van der Waals surface area (Å²) in [7, 11) is 0. The Balaban J connectivity index is 0.000000191. The van der Waals surface area contributed by atoms with Gasteiger partial charge in [0.2, 0.25) is 0 Å². The number of benzene rings is 4. The minimum absolute atomic E-state index is 0.231. The highest BCUT2D eigenvalue weighted by molar-refractivity contribution is 9.12. The highest BCUT2D eigenvalue weighted by atomic mass is 79.9. The van der Waals surface area contributed by atoms with E-state index in [1.807, 2.05) is 48.5 Å². The fourth-order valence-corrected chi connectivity index (χ4v) is 8.36. The summed E-state index contributed by atoms with van der Waals surface area (Å²) in [5.41, 5.74) is 3.41. The smallest absolute Gasteiger partial charge is 0.125 e. The van der Waals surface area contributed by atoms with Gasteiger partial charge in [-0.3, -0.25) is 0 Å². The van der Waals surface area contributed by atoms with Gasteiger partial charge in [0.25, 0.3) is 0 Å². The van der Waals surface area contributed by atoms with E-state index >= 15 is 0 Å². The first kappa shape index (κ1) is 28.9. The fraction of sp³-hybridized carbons (Fsp3) is 0. The third-order valence-electron chi connectivity index (χ3n) is 4.47. The molecule has 0 radical (unpaired) electrons. The highest BCUT2D eigenvalue weighted by Gasteiger charge is 2.14. The molecule has 0 spiro atoms. The van der Waals surface area contributed by atoms with E-state index in [4.69, 9.17) is 0 Å². The predicted octanol–water partition coefficient (Wildman–Crippen LogP) is 12.2. The molecule has 34 heavy (non-hydrogen) atoms. The zero-order valence-electron chi connectivity index (χ0n) is 16.7. The molecule has 0 amide bonds. The van der Waals surface area contributed by atoms with Gasteiger partial charge in [0.1, 0.15) is 11.5 Å². The Morgan fingerprint density at radius 3 is 1.00 bits per heavy atom. The van der Waals surface area contributed by atoms with Crippen LogP contribution in [0.1, 0.15) is 0 Å². The first-order valence-corrected chi connectivity index (χ1v) is 15.6. The molecule has 2 nitrogen and oxygen atoms in total. The van der Waals surface area contributed by atoms with Crippen molar-refractivity contribution >= 4 is 127 Å². The third-order valence-corrected chi connectivity index (χ3v) is 8.93. The summed E-state index contributed by atoms with van der Waals surface area (Å²) < 4.78 is 7.16. The molecule has 0 aliphatic rings. The van der Waals surface area contributed by atoms with E-state index < -0.39 is 0 Å². The molecule has 0 fully saturated rings. The van der Waals surface area contributed by atoms with Crippen molar-refractivity contribution in [3.63, 3.8) is 0 Å². The van der Waals surface area contributed by atoms with E-state index in [1.165, 1.54) is 0 Å². The average Bonchev–Trinajstić information content (AvgIpc) is 2.70. The Kier molecular flexibility index (Phi) is 10.8. The largest absolute Gasteiger partial charge is 0.507 e. The monoisotopic (exact) mass is 963 g/mol. The van der Waals surface area contributed by atoms with Crippen LogP contribution in [0.15, 0.2) is 96.4 Å². The second kappa shape index (κ2) is 12.7. The minimum Gasteiger partial charge on any atom is -0.507 e. The molecule has 4 aromatic carbocycles. The molecular weight excluding hydrogens is 959 g/mol. The van der Waals surface area contributed by atoms with Gasteiger partial charge in [-0.2, -0.15) is 0 Å². The molecule has 0 unspecified atom stereocenters. The standard InChI is InChI=1S/2C12H6Br4O/c2*13-6-1-2-8(9(15)3-6)12-10(16)4-7(14)5-11(12)17/h2*1-5,17H. The molecule has 0 heterocycles. The zero-order chi connectivity index (χ0) is 25.2. The summed E-state index contributed by atoms with van der Waals surface area (Å²) in [6, 6.07) is 18.8. The Bertz CT molecular complexity index is 1220. The Hall–Kier alpha value is 0.320. The molecule has 0 aromatic heterocycles. The van der Waals surface area contributed by atoms with Gasteiger partial charge in [0, 0.05) is 58.0 Å². The van der Waals surface area contributed by atoms with Gasteiger partial charge in [-0.15, -0.1) is 0 Å². The number of halogens is 8. The van der Waals surface area contributed by atoms with E-state index in [-0.39, 0.29) is 11.5 Å². The van der Waals surface area contributed by atoms with Crippen LogP contribution < -0.4 is 0 Å². The Morgan fingerprint density at radius 1 is 0.382 bits per heavy atom. The zero-order valence-corrected chi connectivity index (χ0v) is 29.4. The topological polar surface area (TPSA) is 40.5 Å². The molecular formula is C24H12Br8O2. The van der Waals surface area contributed by atoms with Gasteiger partial charge in [0.15, 0.2) is 0 Å². The summed E-state index contributed by atoms with van der Waals surface area (Å²) in [6.45, 7) is 0. The van der Waals surface area contributed by atoms with Crippen LogP contribution in [-0.4, -0.2) is 10.2 Å². The van der Waals surface area contributed by atoms with Crippen molar-refractivity contribution in [2.24, 2.45) is 0 Å². The fourth-order valence-electron chi connectivity index (χ4n) is 3.04. The molecule has 0 saturated heterocycles. The molecule has 0 aliphatic carbocycles. The number of hydrogen-bond donors (Lipinski definition) is 2. The summed E-state index contributed by atoms with van der Waals surface area (Å²) >= 11 is 27.4. The van der Waals surface area contributed by atoms with Crippen molar-refractivity contribution < 1.29 is 10.2 Å². The van der Waals surface area contributed by atoms with Crippen molar-refractivity contribution in [1.82, 2.24) is 0 Å². The second-order valence-corrected chi connectivity index (χ2v) is 13.9. The van der Waals surface area contributed by atoms with Crippen LogP contribution in [0.5, 0.6) is 11.5 Å². The molecule has 0 aliphatic heterocycles. The average molecular weight is 972 g/mol. The quantitative estimate of drug-likeness (QED) is 0.210. The maximum Gasteiger partial charge on any atom is 0.125 e. The van der Waals surface area contributed by atoms with Crippen molar-refractivity contribution in [2.75, 3.05) is 0 Å². The van der Waals surface area contributed by atoms with E-state index in [2.05, 4.69) is 127 Å². The first-order chi connectivity index (χ1) is 16.0. The second-order valence-electron chi connectivity index (χ2n) is 6.81. The van der Waals surface area contributed by atoms with Gasteiger partial charge in [-0.25, -0.2) is 0 Å².